The van der Waals surface area contributed by atoms with Gasteiger partial charge >= 0.3 is 0 Å². The highest BCUT2D eigenvalue weighted by molar-refractivity contribution is 7.19. The van der Waals surface area contributed by atoms with Gasteiger partial charge in [-0.1, -0.05) is 52.3 Å². The number of amides is 1. The summed E-state index contributed by atoms with van der Waals surface area (Å²) in [4.78, 5) is 24.8. The third-order valence-electron chi connectivity index (χ3n) is 8.44. The van der Waals surface area contributed by atoms with E-state index in [1.807, 2.05) is 23.5 Å². The van der Waals surface area contributed by atoms with Gasteiger partial charge in [0.05, 0.1) is 17.6 Å². The van der Waals surface area contributed by atoms with E-state index < -0.39 is 0 Å². The standard InChI is InChI=1S/C35H49N5OS/c1-26(2)15-21-39(22-16-27(3)4)34(41)29-13-14-31-32(24-29)40(20-10-19-38-17-8-5-9-18-38)35(37-31)36-25-30-23-28-11-6-7-12-33(28)42-30/h6-7,11-14,23-24,26-27H,5,8-10,15-22,25H2,1-4H3,(H,36,37). The molecule has 0 atom stereocenters. The first-order valence-corrected chi connectivity index (χ1v) is 16.9. The zero-order chi connectivity index (χ0) is 29.5. The summed E-state index contributed by atoms with van der Waals surface area (Å²) in [5, 5.41) is 4.95. The van der Waals surface area contributed by atoms with E-state index in [9.17, 15) is 4.79 Å². The number of likely N-dealkylation sites (tertiary alicyclic amines) is 1. The fourth-order valence-electron chi connectivity index (χ4n) is 5.87. The van der Waals surface area contributed by atoms with Gasteiger partial charge in [-0.05, 0) is 99.3 Å². The second kappa shape index (κ2) is 14.5. The third-order valence-corrected chi connectivity index (χ3v) is 9.55. The lowest BCUT2D eigenvalue weighted by molar-refractivity contribution is 0.0741. The van der Waals surface area contributed by atoms with Gasteiger partial charge in [-0.25, -0.2) is 4.98 Å². The van der Waals surface area contributed by atoms with Crippen molar-refractivity contribution in [3.63, 3.8) is 0 Å². The lowest BCUT2D eigenvalue weighted by atomic mass is 10.1. The zero-order valence-corrected chi connectivity index (χ0v) is 26.9. The normalized spacial score (nSPS) is 14.4. The number of hydrogen-bond acceptors (Lipinski definition) is 5. The number of hydrogen-bond donors (Lipinski definition) is 1. The maximum Gasteiger partial charge on any atom is 0.253 e. The molecule has 5 rings (SSSR count). The minimum Gasteiger partial charge on any atom is -0.351 e. The molecule has 0 radical (unpaired) electrons. The summed E-state index contributed by atoms with van der Waals surface area (Å²) >= 11 is 1.83. The van der Waals surface area contributed by atoms with Crippen LogP contribution in [-0.2, 0) is 13.1 Å². The van der Waals surface area contributed by atoms with Crippen molar-refractivity contribution in [1.82, 2.24) is 19.4 Å². The highest BCUT2D eigenvalue weighted by atomic mass is 32.1. The van der Waals surface area contributed by atoms with Crippen molar-refractivity contribution in [1.29, 1.82) is 0 Å². The quantitative estimate of drug-likeness (QED) is 0.161. The number of anilines is 1. The monoisotopic (exact) mass is 587 g/mol. The van der Waals surface area contributed by atoms with Crippen LogP contribution in [0.25, 0.3) is 21.1 Å². The summed E-state index contributed by atoms with van der Waals surface area (Å²) in [6.07, 6.45) is 7.09. The second-order valence-corrected chi connectivity index (χ2v) is 14.0. The van der Waals surface area contributed by atoms with Crippen LogP contribution < -0.4 is 5.32 Å². The third kappa shape index (κ3) is 7.93. The number of nitrogens with one attached hydrogen (secondary N) is 1. The predicted octanol–water partition coefficient (Wildman–Crippen LogP) is 8.27. The number of piperidine rings is 1. The highest BCUT2D eigenvalue weighted by Crippen LogP contribution is 2.28. The number of carbonyl (C=O) groups is 1. The molecule has 0 aliphatic carbocycles. The van der Waals surface area contributed by atoms with Crippen molar-refractivity contribution in [2.75, 3.05) is 38.0 Å². The smallest absolute Gasteiger partial charge is 0.253 e. The Hall–Kier alpha value is -2.90. The van der Waals surface area contributed by atoms with Crippen molar-refractivity contribution < 1.29 is 4.79 Å². The molecule has 0 spiro atoms. The van der Waals surface area contributed by atoms with Gasteiger partial charge in [-0.3, -0.25) is 4.79 Å². The van der Waals surface area contributed by atoms with E-state index in [0.717, 1.165) is 74.5 Å². The molecule has 0 unspecified atom stereocenters. The predicted molar refractivity (Wildman–Crippen MR) is 179 cm³/mol. The average molecular weight is 588 g/mol. The molecule has 1 fully saturated rings. The minimum absolute atomic E-state index is 0.138. The maximum atomic E-state index is 13.8. The van der Waals surface area contributed by atoms with E-state index in [-0.39, 0.29) is 5.91 Å². The average Bonchev–Trinajstić information content (AvgIpc) is 3.56. The lowest BCUT2D eigenvalue weighted by Crippen LogP contribution is -2.34. The Morgan fingerprint density at radius 3 is 2.40 bits per heavy atom. The first-order chi connectivity index (χ1) is 20.4. The molecule has 6 nitrogen and oxygen atoms in total. The van der Waals surface area contributed by atoms with Crippen LogP contribution in [0.5, 0.6) is 0 Å². The van der Waals surface area contributed by atoms with Gasteiger partial charge in [-0.15, -0.1) is 11.3 Å². The molecule has 1 N–H and O–H groups in total. The summed E-state index contributed by atoms with van der Waals surface area (Å²) < 4.78 is 3.63. The van der Waals surface area contributed by atoms with Gasteiger partial charge in [0.15, 0.2) is 0 Å². The van der Waals surface area contributed by atoms with Gasteiger partial charge in [0, 0.05) is 34.8 Å². The Bertz CT molecular complexity index is 1400. The largest absolute Gasteiger partial charge is 0.351 e. The molecule has 42 heavy (non-hydrogen) atoms. The van der Waals surface area contributed by atoms with Crippen molar-refractivity contribution in [3.8, 4) is 0 Å². The molecule has 2 aromatic carbocycles. The van der Waals surface area contributed by atoms with Crippen LogP contribution in [0.15, 0.2) is 48.5 Å². The molecule has 1 saturated heterocycles. The fourth-order valence-corrected chi connectivity index (χ4v) is 6.87. The Morgan fingerprint density at radius 2 is 1.69 bits per heavy atom. The number of nitrogens with zero attached hydrogens (tertiary/aromatic N) is 4. The van der Waals surface area contributed by atoms with E-state index >= 15 is 0 Å². The highest BCUT2D eigenvalue weighted by Gasteiger charge is 2.20. The molecular formula is C35H49N5OS. The Morgan fingerprint density at radius 1 is 0.952 bits per heavy atom. The molecule has 2 aromatic heterocycles. The Kier molecular flexibility index (Phi) is 10.6. The molecule has 1 aliphatic rings. The lowest BCUT2D eigenvalue weighted by Gasteiger charge is -2.26. The summed E-state index contributed by atoms with van der Waals surface area (Å²) in [5.74, 6) is 2.16. The molecule has 1 amide bonds. The van der Waals surface area contributed by atoms with Gasteiger partial charge in [0.2, 0.25) is 5.95 Å². The summed E-state index contributed by atoms with van der Waals surface area (Å²) in [7, 11) is 0. The van der Waals surface area contributed by atoms with E-state index in [0.29, 0.717) is 11.8 Å². The Balaban J connectivity index is 1.39. The first-order valence-electron chi connectivity index (χ1n) is 16.1. The van der Waals surface area contributed by atoms with Crippen LogP contribution in [0.2, 0.25) is 0 Å². The van der Waals surface area contributed by atoms with E-state index in [1.165, 1.54) is 47.3 Å². The van der Waals surface area contributed by atoms with Gasteiger partial charge in [-0.2, -0.15) is 0 Å². The molecule has 3 heterocycles. The van der Waals surface area contributed by atoms with Crippen molar-refractivity contribution in [2.45, 2.75) is 79.3 Å². The number of aryl methyl sites for hydroxylation is 1. The van der Waals surface area contributed by atoms with E-state index in [4.69, 9.17) is 4.98 Å². The maximum absolute atomic E-state index is 13.8. The topological polar surface area (TPSA) is 53.4 Å². The second-order valence-electron chi connectivity index (χ2n) is 12.8. The fraction of sp³-hybridized carbons (Fsp3) is 0.543. The number of rotatable bonds is 14. The summed E-state index contributed by atoms with van der Waals surface area (Å²) in [6, 6.07) is 16.9. The van der Waals surface area contributed by atoms with Gasteiger partial charge in [0.25, 0.3) is 5.91 Å². The first kappa shape index (κ1) is 30.6. The van der Waals surface area contributed by atoms with Crippen LogP contribution >= 0.6 is 11.3 Å². The number of thiophene rings is 1. The van der Waals surface area contributed by atoms with Crippen LogP contribution in [0.3, 0.4) is 0 Å². The van der Waals surface area contributed by atoms with E-state index in [2.05, 4.69) is 83.8 Å². The summed E-state index contributed by atoms with van der Waals surface area (Å²) in [6.45, 7) is 15.7. The number of aromatic nitrogens is 2. The molecule has 0 saturated carbocycles. The minimum atomic E-state index is 0.138. The van der Waals surface area contributed by atoms with Crippen molar-refractivity contribution in [3.05, 3.63) is 59.0 Å². The number of imidazole rings is 1. The van der Waals surface area contributed by atoms with E-state index in [1.54, 1.807) is 0 Å². The van der Waals surface area contributed by atoms with Crippen LogP contribution in [-0.4, -0.2) is 58.0 Å². The number of fused-ring (bicyclic) bond motifs is 2. The summed E-state index contributed by atoms with van der Waals surface area (Å²) in [5.41, 5.74) is 2.76. The number of carbonyl (C=O) groups excluding carboxylic acids is 1. The van der Waals surface area contributed by atoms with Gasteiger partial charge < -0.3 is 19.7 Å². The molecular weight excluding hydrogens is 538 g/mol. The van der Waals surface area contributed by atoms with Crippen LogP contribution in [0, 0.1) is 11.8 Å². The van der Waals surface area contributed by atoms with Crippen LogP contribution in [0.4, 0.5) is 5.95 Å². The zero-order valence-electron chi connectivity index (χ0n) is 26.1. The van der Waals surface area contributed by atoms with Crippen molar-refractivity contribution in [2.24, 2.45) is 11.8 Å². The molecule has 4 aromatic rings. The number of benzene rings is 2. The molecule has 1 aliphatic heterocycles. The SMILES string of the molecule is CC(C)CCN(CCC(C)C)C(=O)c1ccc2nc(NCc3cc4ccccc4s3)n(CCCN3CCCCC3)c2c1. The van der Waals surface area contributed by atoms with Gasteiger partial charge in [0.1, 0.15) is 0 Å². The van der Waals surface area contributed by atoms with Crippen molar-refractivity contribution >= 4 is 44.3 Å². The Labute approximate surface area is 256 Å². The van der Waals surface area contributed by atoms with Crippen LogP contribution in [0.1, 0.15) is 81.5 Å². The molecule has 7 heteroatoms. The molecule has 0 bridgehead atoms. The molecule has 226 valence electrons.